The number of para-hydroxylation sites is 1. The summed E-state index contributed by atoms with van der Waals surface area (Å²) in [5.41, 5.74) is 3.31. The van der Waals surface area contributed by atoms with E-state index in [0.29, 0.717) is 29.3 Å². The van der Waals surface area contributed by atoms with E-state index >= 15 is 0 Å². The number of benzene rings is 2. The van der Waals surface area contributed by atoms with Gasteiger partial charge < -0.3 is 20.1 Å². The summed E-state index contributed by atoms with van der Waals surface area (Å²) in [6.07, 6.45) is 3.04. The molecule has 3 N–H and O–H groups in total. The zero-order chi connectivity index (χ0) is 22.5. The van der Waals surface area contributed by atoms with Crippen LogP contribution in [-0.2, 0) is 14.4 Å². The van der Waals surface area contributed by atoms with E-state index in [0.717, 1.165) is 12.8 Å². The first kappa shape index (κ1) is 23.4. The monoisotopic (exact) mass is 426 g/mol. The van der Waals surface area contributed by atoms with Crippen molar-refractivity contribution in [3.63, 3.8) is 0 Å². The highest BCUT2D eigenvalue weighted by atomic mass is 16.5. The molecule has 164 valence electrons. The van der Waals surface area contributed by atoms with Crippen LogP contribution < -0.4 is 25.5 Å². The molecule has 31 heavy (non-hydrogen) atoms. The maximum atomic E-state index is 12.1. The maximum absolute atomic E-state index is 12.1. The van der Waals surface area contributed by atoms with Gasteiger partial charge in [-0.2, -0.15) is 5.10 Å². The van der Waals surface area contributed by atoms with E-state index in [4.69, 9.17) is 9.47 Å². The number of unbranched alkanes of at least 4 members (excludes halogenated alkanes) is 1. The van der Waals surface area contributed by atoms with Gasteiger partial charge in [-0.25, -0.2) is 5.43 Å². The van der Waals surface area contributed by atoms with Gasteiger partial charge in [0.15, 0.2) is 6.61 Å². The minimum Gasteiger partial charge on any atom is -0.497 e. The summed E-state index contributed by atoms with van der Waals surface area (Å²) in [6, 6.07) is 13.8. The van der Waals surface area contributed by atoms with Crippen molar-refractivity contribution in [2.24, 2.45) is 5.10 Å². The summed E-state index contributed by atoms with van der Waals surface area (Å²) in [5.74, 6) is -0.852. The number of anilines is 1. The SMILES string of the molecule is CCCCNC(=O)C(=O)N/N=C\c1ccccc1OCC(=O)Nc1ccc(OC)cc1. The number of hydrogen-bond acceptors (Lipinski definition) is 6. The fraction of sp³-hybridized carbons (Fsp3) is 0.273. The predicted octanol–water partition coefficient (Wildman–Crippen LogP) is 2.08. The fourth-order valence-electron chi connectivity index (χ4n) is 2.40. The third-order valence-electron chi connectivity index (χ3n) is 4.04. The molecule has 0 bridgehead atoms. The molecule has 0 aromatic heterocycles. The molecule has 9 heteroatoms. The van der Waals surface area contributed by atoms with Crippen molar-refractivity contribution in [2.75, 3.05) is 25.6 Å². The lowest BCUT2D eigenvalue weighted by Gasteiger charge is -2.10. The normalized spacial score (nSPS) is 10.4. The van der Waals surface area contributed by atoms with Crippen LogP contribution in [0.4, 0.5) is 5.69 Å². The van der Waals surface area contributed by atoms with E-state index in [1.54, 1.807) is 55.6 Å². The summed E-state index contributed by atoms with van der Waals surface area (Å²) in [6.45, 7) is 2.20. The van der Waals surface area contributed by atoms with Crippen molar-refractivity contribution in [2.45, 2.75) is 19.8 Å². The first-order valence-corrected chi connectivity index (χ1v) is 9.80. The molecule has 0 radical (unpaired) electrons. The van der Waals surface area contributed by atoms with Gasteiger partial charge in [-0.1, -0.05) is 25.5 Å². The van der Waals surface area contributed by atoms with Crippen LogP contribution in [-0.4, -0.2) is 44.2 Å². The van der Waals surface area contributed by atoms with Gasteiger partial charge >= 0.3 is 11.8 Å². The standard InChI is InChI=1S/C22H26N4O5/c1-3-4-13-23-21(28)22(29)26-24-14-16-7-5-6-8-19(16)31-15-20(27)25-17-9-11-18(30-2)12-10-17/h5-12,14H,3-4,13,15H2,1-2H3,(H,23,28)(H,25,27)(H,26,29)/b24-14-. The smallest absolute Gasteiger partial charge is 0.329 e. The van der Waals surface area contributed by atoms with E-state index in [9.17, 15) is 14.4 Å². The van der Waals surface area contributed by atoms with Crippen molar-refractivity contribution in [1.29, 1.82) is 0 Å². The molecular weight excluding hydrogens is 400 g/mol. The number of carbonyl (C=O) groups excluding carboxylic acids is 3. The quantitative estimate of drug-likeness (QED) is 0.233. The molecule has 2 rings (SSSR count). The topological polar surface area (TPSA) is 118 Å². The maximum Gasteiger partial charge on any atom is 0.329 e. The lowest BCUT2D eigenvalue weighted by atomic mass is 10.2. The van der Waals surface area contributed by atoms with E-state index in [1.807, 2.05) is 6.92 Å². The molecule has 0 saturated heterocycles. The molecular formula is C22H26N4O5. The van der Waals surface area contributed by atoms with Crippen LogP contribution in [0.15, 0.2) is 53.6 Å². The Morgan fingerprint density at radius 1 is 1.03 bits per heavy atom. The highest BCUT2D eigenvalue weighted by Crippen LogP contribution is 2.17. The van der Waals surface area contributed by atoms with Gasteiger partial charge in [0, 0.05) is 17.8 Å². The van der Waals surface area contributed by atoms with Crippen LogP contribution in [0, 0.1) is 0 Å². The number of hydrogen-bond donors (Lipinski definition) is 3. The molecule has 2 aromatic carbocycles. The Hall–Kier alpha value is -3.88. The van der Waals surface area contributed by atoms with Gasteiger partial charge in [0.2, 0.25) is 0 Å². The van der Waals surface area contributed by atoms with E-state index in [1.165, 1.54) is 6.21 Å². The average Bonchev–Trinajstić information content (AvgIpc) is 2.79. The third kappa shape index (κ3) is 8.17. The van der Waals surface area contributed by atoms with Gasteiger partial charge in [-0.15, -0.1) is 0 Å². The summed E-state index contributed by atoms with van der Waals surface area (Å²) in [5, 5.41) is 9.01. The fourth-order valence-corrected chi connectivity index (χ4v) is 2.40. The number of hydrazone groups is 1. The highest BCUT2D eigenvalue weighted by Gasteiger charge is 2.11. The van der Waals surface area contributed by atoms with Gasteiger partial charge in [0.05, 0.1) is 13.3 Å². The molecule has 0 saturated carbocycles. The lowest BCUT2D eigenvalue weighted by molar-refractivity contribution is -0.139. The number of ether oxygens (including phenoxy) is 2. The number of amides is 3. The Morgan fingerprint density at radius 3 is 2.48 bits per heavy atom. The van der Waals surface area contributed by atoms with Crippen molar-refractivity contribution < 1.29 is 23.9 Å². The Bertz CT molecular complexity index is 912. The molecule has 0 aliphatic carbocycles. The van der Waals surface area contributed by atoms with Gasteiger partial charge in [-0.05, 0) is 42.8 Å². The molecule has 0 aliphatic heterocycles. The number of nitrogens with zero attached hydrogens (tertiary/aromatic N) is 1. The van der Waals surface area contributed by atoms with Crippen molar-refractivity contribution in [3.8, 4) is 11.5 Å². The van der Waals surface area contributed by atoms with Crippen molar-refractivity contribution in [1.82, 2.24) is 10.7 Å². The van der Waals surface area contributed by atoms with Gasteiger partial charge in [0.1, 0.15) is 11.5 Å². The molecule has 0 fully saturated rings. The molecule has 0 atom stereocenters. The summed E-state index contributed by atoms with van der Waals surface area (Å²) in [4.78, 5) is 35.5. The second kappa shape index (κ2) is 12.6. The molecule has 0 unspecified atom stereocenters. The highest BCUT2D eigenvalue weighted by molar-refractivity contribution is 6.35. The van der Waals surface area contributed by atoms with Crippen molar-refractivity contribution >= 4 is 29.6 Å². The van der Waals surface area contributed by atoms with E-state index in [2.05, 4.69) is 21.2 Å². The molecule has 0 spiro atoms. The Labute approximate surface area is 180 Å². The molecule has 3 amide bonds. The van der Waals surface area contributed by atoms with Crippen LogP contribution in [0.25, 0.3) is 0 Å². The number of rotatable bonds is 10. The summed E-state index contributed by atoms with van der Waals surface area (Å²) in [7, 11) is 1.57. The first-order valence-electron chi connectivity index (χ1n) is 9.80. The summed E-state index contributed by atoms with van der Waals surface area (Å²) < 4.78 is 10.6. The lowest BCUT2D eigenvalue weighted by Crippen LogP contribution is -2.38. The molecule has 0 heterocycles. The molecule has 9 nitrogen and oxygen atoms in total. The van der Waals surface area contributed by atoms with Crippen molar-refractivity contribution in [3.05, 3.63) is 54.1 Å². The summed E-state index contributed by atoms with van der Waals surface area (Å²) >= 11 is 0. The predicted molar refractivity (Wildman–Crippen MR) is 117 cm³/mol. The second-order valence-corrected chi connectivity index (χ2v) is 6.41. The number of carbonyl (C=O) groups is 3. The average molecular weight is 426 g/mol. The Morgan fingerprint density at radius 2 is 1.77 bits per heavy atom. The third-order valence-corrected chi connectivity index (χ3v) is 4.04. The van der Waals surface area contributed by atoms with Gasteiger partial charge in [-0.3, -0.25) is 14.4 Å². The van der Waals surface area contributed by atoms with Crippen LogP contribution in [0.1, 0.15) is 25.3 Å². The van der Waals surface area contributed by atoms with E-state index < -0.39 is 11.8 Å². The Balaban J connectivity index is 1.86. The number of methoxy groups -OCH3 is 1. The Kier molecular flexibility index (Phi) is 9.54. The van der Waals surface area contributed by atoms with Crippen LogP contribution in [0.3, 0.4) is 0 Å². The van der Waals surface area contributed by atoms with Crippen LogP contribution in [0.2, 0.25) is 0 Å². The first-order chi connectivity index (χ1) is 15.0. The minimum absolute atomic E-state index is 0.219. The van der Waals surface area contributed by atoms with Crippen LogP contribution in [0.5, 0.6) is 11.5 Å². The minimum atomic E-state index is -0.857. The largest absolute Gasteiger partial charge is 0.497 e. The zero-order valence-corrected chi connectivity index (χ0v) is 17.5. The van der Waals surface area contributed by atoms with E-state index in [-0.39, 0.29) is 12.5 Å². The second-order valence-electron chi connectivity index (χ2n) is 6.41. The zero-order valence-electron chi connectivity index (χ0n) is 17.5. The number of nitrogens with one attached hydrogen (secondary N) is 3. The molecule has 0 aliphatic rings. The van der Waals surface area contributed by atoms with Gasteiger partial charge in [0.25, 0.3) is 5.91 Å². The van der Waals surface area contributed by atoms with Crippen LogP contribution >= 0.6 is 0 Å². The molecule has 2 aromatic rings.